The molecule has 1 aliphatic rings. The summed E-state index contributed by atoms with van der Waals surface area (Å²) in [6, 6.07) is 14.0. The van der Waals surface area contributed by atoms with Crippen molar-refractivity contribution in [2.45, 2.75) is 39.2 Å². The highest BCUT2D eigenvalue weighted by atomic mass is 16.1. The third kappa shape index (κ3) is 3.21. The molecule has 27 heavy (non-hydrogen) atoms. The summed E-state index contributed by atoms with van der Waals surface area (Å²) in [4.78, 5) is 12.9. The van der Waals surface area contributed by atoms with E-state index in [9.17, 15) is 4.79 Å². The van der Waals surface area contributed by atoms with Crippen LogP contribution in [0.3, 0.4) is 0 Å². The first kappa shape index (κ1) is 17.3. The van der Waals surface area contributed by atoms with E-state index in [4.69, 9.17) is 5.73 Å². The van der Waals surface area contributed by atoms with Gasteiger partial charge in [-0.1, -0.05) is 30.3 Å². The van der Waals surface area contributed by atoms with Crippen molar-refractivity contribution in [2.75, 3.05) is 11.1 Å². The average Bonchev–Trinajstić information content (AvgIpc) is 3.03. The highest BCUT2D eigenvalue weighted by Crippen LogP contribution is 2.35. The van der Waals surface area contributed by atoms with Gasteiger partial charge in [0, 0.05) is 16.8 Å². The minimum absolute atomic E-state index is 0.140. The monoisotopic (exact) mass is 360 g/mol. The number of amides is 1. The minimum atomic E-state index is -0.159. The Labute approximate surface area is 159 Å². The molecule has 1 heterocycles. The number of rotatable bonds is 3. The number of fused-ring (bicyclic) bond motifs is 1. The van der Waals surface area contributed by atoms with Crippen LogP contribution < -0.4 is 11.1 Å². The summed E-state index contributed by atoms with van der Waals surface area (Å²) >= 11 is 0. The highest BCUT2D eigenvalue weighted by molar-refractivity contribution is 6.05. The number of carbonyl (C=O) groups excluding carboxylic acids is 1. The van der Waals surface area contributed by atoms with Crippen LogP contribution in [-0.4, -0.2) is 15.7 Å². The normalized spacial score (nSPS) is 16.0. The van der Waals surface area contributed by atoms with Gasteiger partial charge in [-0.25, -0.2) is 4.68 Å². The molecule has 5 heteroatoms. The molecule has 1 amide bonds. The first-order chi connectivity index (χ1) is 13.0. The third-order valence-corrected chi connectivity index (χ3v) is 5.35. The summed E-state index contributed by atoms with van der Waals surface area (Å²) in [5.41, 5.74) is 11.5. The topological polar surface area (TPSA) is 72.9 Å². The number of hydrogen-bond acceptors (Lipinski definition) is 3. The minimum Gasteiger partial charge on any atom is -0.399 e. The van der Waals surface area contributed by atoms with Crippen LogP contribution in [0.4, 0.5) is 11.5 Å². The summed E-state index contributed by atoms with van der Waals surface area (Å²) in [6.07, 6.45) is 5.04. The zero-order valence-electron chi connectivity index (χ0n) is 15.7. The molecule has 4 rings (SSSR count). The molecular formula is C22H24N4O. The lowest BCUT2D eigenvalue weighted by molar-refractivity contribution is 0.102. The standard InChI is InChI=1S/C22H24N4O/c1-14-10-11-17(23)12-19(14)22(27)25-21-15(2)13-24-26(21)20-9-5-7-16-6-3-4-8-18(16)20/h3-4,6,8,10-13,20H,5,7,9,23H2,1-2H3,(H,25,27). The van der Waals surface area contributed by atoms with E-state index in [0.29, 0.717) is 11.3 Å². The van der Waals surface area contributed by atoms with Crippen molar-refractivity contribution in [2.24, 2.45) is 0 Å². The van der Waals surface area contributed by atoms with Crippen LogP contribution in [0, 0.1) is 13.8 Å². The Kier molecular flexibility index (Phi) is 4.44. The van der Waals surface area contributed by atoms with Crippen LogP contribution in [0.25, 0.3) is 0 Å². The number of nitrogen functional groups attached to an aromatic ring is 1. The van der Waals surface area contributed by atoms with E-state index in [1.165, 1.54) is 11.1 Å². The summed E-state index contributed by atoms with van der Waals surface area (Å²) in [5, 5.41) is 7.68. The number of aromatic nitrogens is 2. The van der Waals surface area contributed by atoms with E-state index in [-0.39, 0.29) is 11.9 Å². The second kappa shape index (κ2) is 6.91. The van der Waals surface area contributed by atoms with Crippen molar-refractivity contribution in [1.82, 2.24) is 9.78 Å². The summed E-state index contributed by atoms with van der Waals surface area (Å²) in [7, 11) is 0. The first-order valence-corrected chi connectivity index (χ1v) is 9.34. The lowest BCUT2D eigenvalue weighted by Gasteiger charge is -2.27. The molecule has 0 aliphatic heterocycles. The number of aryl methyl sites for hydroxylation is 3. The maximum atomic E-state index is 12.9. The molecule has 2 aromatic carbocycles. The van der Waals surface area contributed by atoms with Gasteiger partial charge in [-0.2, -0.15) is 5.10 Å². The highest BCUT2D eigenvalue weighted by Gasteiger charge is 2.25. The maximum Gasteiger partial charge on any atom is 0.257 e. The Hall–Kier alpha value is -3.08. The van der Waals surface area contributed by atoms with Gasteiger partial charge in [0.15, 0.2) is 0 Å². The van der Waals surface area contributed by atoms with Crippen molar-refractivity contribution in [1.29, 1.82) is 0 Å². The number of nitrogens with two attached hydrogens (primary N) is 1. The molecule has 3 N–H and O–H groups in total. The molecule has 1 aliphatic carbocycles. The largest absolute Gasteiger partial charge is 0.399 e. The van der Waals surface area contributed by atoms with Crippen molar-refractivity contribution in [3.8, 4) is 0 Å². The molecule has 0 spiro atoms. The Bertz CT molecular complexity index is 1010. The number of anilines is 2. The van der Waals surface area contributed by atoms with Crippen molar-refractivity contribution >= 4 is 17.4 Å². The zero-order valence-corrected chi connectivity index (χ0v) is 15.7. The Morgan fingerprint density at radius 1 is 1.19 bits per heavy atom. The predicted octanol–water partition coefficient (Wildman–Crippen LogP) is 4.26. The summed E-state index contributed by atoms with van der Waals surface area (Å²) in [5.74, 6) is 0.595. The molecule has 0 radical (unpaired) electrons. The van der Waals surface area contributed by atoms with E-state index >= 15 is 0 Å². The van der Waals surface area contributed by atoms with E-state index in [0.717, 1.165) is 36.2 Å². The van der Waals surface area contributed by atoms with Gasteiger partial charge in [-0.05, 0) is 61.9 Å². The molecule has 0 fully saturated rings. The van der Waals surface area contributed by atoms with Gasteiger partial charge in [0.25, 0.3) is 5.91 Å². The van der Waals surface area contributed by atoms with Crippen LogP contribution in [0.1, 0.15) is 51.5 Å². The zero-order chi connectivity index (χ0) is 19.0. The number of nitrogens with one attached hydrogen (secondary N) is 1. The van der Waals surface area contributed by atoms with E-state index in [1.54, 1.807) is 12.1 Å². The summed E-state index contributed by atoms with van der Waals surface area (Å²) < 4.78 is 1.97. The van der Waals surface area contributed by atoms with Crippen molar-refractivity contribution in [3.05, 3.63) is 76.5 Å². The Balaban J connectivity index is 1.69. The molecule has 0 bridgehead atoms. The molecule has 1 unspecified atom stereocenters. The van der Waals surface area contributed by atoms with Gasteiger partial charge >= 0.3 is 0 Å². The lowest BCUT2D eigenvalue weighted by Crippen LogP contribution is -2.23. The lowest BCUT2D eigenvalue weighted by atomic mass is 9.88. The molecule has 0 saturated carbocycles. The maximum absolute atomic E-state index is 12.9. The van der Waals surface area contributed by atoms with Gasteiger partial charge in [0.2, 0.25) is 0 Å². The van der Waals surface area contributed by atoms with Crippen LogP contribution in [0.15, 0.2) is 48.7 Å². The fourth-order valence-electron chi connectivity index (χ4n) is 3.88. The van der Waals surface area contributed by atoms with Crippen LogP contribution in [-0.2, 0) is 6.42 Å². The number of nitrogens with zero attached hydrogens (tertiary/aromatic N) is 2. The van der Waals surface area contributed by atoms with Crippen molar-refractivity contribution in [3.63, 3.8) is 0 Å². The number of carbonyl (C=O) groups is 1. The Morgan fingerprint density at radius 3 is 2.85 bits per heavy atom. The number of benzene rings is 2. The smallest absolute Gasteiger partial charge is 0.257 e. The SMILES string of the molecule is Cc1ccc(N)cc1C(=O)Nc1c(C)cnn1C1CCCc2ccccc21. The second-order valence-electron chi connectivity index (χ2n) is 7.26. The molecule has 1 aromatic heterocycles. The molecule has 1 atom stereocenters. The van der Waals surface area contributed by atoms with Crippen LogP contribution in [0.2, 0.25) is 0 Å². The van der Waals surface area contributed by atoms with Crippen molar-refractivity contribution < 1.29 is 4.79 Å². The predicted molar refractivity (Wildman–Crippen MR) is 108 cm³/mol. The second-order valence-corrected chi connectivity index (χ2v) is 7.26. The van der Waals surface area contributed by atoms with Gasteiger partial charge in [-0.15, -0.1) is 0 Å². The van der Waals surface area contributed by atoms with Gasteiger partial charge in [0.1, 0.15) is 5.82 Å². The van der Waals surface area contributed by atoms with E-state index < -0.39 is 0 Å². The summed E-state index contributed by atoms with van der Waals surface area (Å²) in [6.45, 7) is 3.88. The Morgan fingerprint density at radius 2 is 2.00 bits per heavy atom. The van der Waals surface area contributed by atoms with E-state index in [2.05, 4.69) is 34.7 Å². The number of hydrogen-bond donors (Lipinski definition) is 2. The first-order valence-electron chi connectivity index (χ1n) is 9.34. The average molecular weight is 360 g/mol. The van der Waals surface area contributed by atoms with Crippen LogP contribution >= 0.6 is 0 Å². The quantitative estimate of drug-likeness (QED) is 0.686. The molecule has 0 saturated heterocycles. The molecular weight excluding hydrogens is 336 g/mol. The fourth-order valence-corrected chi connectivity index (χ4v) is 3.88. The fraction of sp³-hybridized carbons (Fsp3) is 0.273. The van der Waals surface area contributed by atoms with E-state index in [1.807, 2.05) is 30.8 Å². The van der Waals surface area contributed by atoms with Gasteiger partial charge in [0.05, 0.1) is 12.2 Å². The molecule has 138 valence electrons. The molecule has 3 aromatic rings. The third-order valence-electron chi connectivity index (χ3n) is 5.35. The van der Waals surface area contributed by atoms with Gasteiger partial charge < -0.3 is 11.1 Å². The van der Waals surface area contributed by atoms with Crippen LogP contribution in [0.5, 0.6) is 0 Å². The molecule has 5 nitrogen and oxygen atoms in total. The van der Waals surface area contributed by atoms with Gasteiger partial charge in [-0.3, -0.25) is 4.79 Å².